The van der Waals surface area contributed by atoms with Crippen LogP contribution in [0, 0.1) is 0 Å². The Morgan fingerprint density at radius 2 is 2.23 bits per heavy atom. The summed E-state index contributed by atoms with van der Waals surface area (Å²) < 4.78 is 7.64. The number of aromatic nitrogens is 2. The maximum Gasteiger partial charge on any atom is 0.407 e. The van der Waals surface area contributed by atoms with E-state index < -0.39 is 11.7 Å². The number of rotatable bonds is 3. The minimum absolute atomic E-state index is 0.0101. The molecule has 0 radical (unpaired) electrons. The first-order valence-corrected chi connectivity index (χ1v) is 7.97. The number of carbonyl (C=O) groups excluding carboxylic acids is 2. The van der Waals surface area contributed by atoms with Crippen molar-refractivity contribution < 1.29 is 14.3 Å². The summed E-state index contributed by atoms with van der Waals surface area (Å²) in [6.45, 7) is 6.78. The third-order valence-corrected chi connectivity index (χ3v) is 3.57. The number of hydrogen-bond donors (Lipinski definition) is 1. The Morgan fingerprint density at radius 3 is 2.82 bits per heavy atom. The van der Waals surface area contributed by atoms with E-state index in [4.69, 9.17) is 4.74 Å². The molecule has 7 nitrogen and oxygen atoms in total. The van der Waals surface area contributed by atoms with Gasteiger partial charge < -0.3 is 15.0 Å². The predicted molar refractivity (Wildman–Crippen MR) is 84.3 cm³/mol. The van der Waals surface area contributed by atoms with Crippen LogP contribution < -0.4 is 5.32 Å². The molecule has 1 aromatic rings. The molecule has 0 aromatic carbocycles. The van der Waals surface area contributed by atoms with Crippen molar-refractivity contribution in [2.45, 2.75) is 45.4 Å². The summed E-state index contributed by atoms with van der Waals surface area (Å²) in [6, 6.07) is -0.0665. The minimum atomic E-state index is -0.522. The lowest BCUT2D eigenvalue weighted by molar-refractivity contribution is -0.131. The molecule has 1 N–H and O–H groups in total. The van der Waals surface area contributed by atoms with Gasteiger partial charge in [-0.25, -0.2) is 4.79 Å². The molecule has 2 amide bonds. The fourth-order valence-electron chi connectivity index (χ4n) is 2.24. The van der Waals surface area contributed by atoms with E-state index in [-0.39, 0.29) is 18.5 Å². The normalized spacial score (nSPS) is 18.4. The van der Waals surface area contributed by atoms with Crippen molar-refractivity contribution in [1.82, 2.24) is 20.0 Å². The standard InChI is InChI=1S/C14H21BrN4O3/c1-14(2,3)22-13(21)17-11-4-5-18(8-11)12(20)9-19-7-10(15)6-16-19/h6-7,11H,4-5,8-9H2,1-3H3,(H,17,21)/t11-/m0/s1. The maximum absolute atomic E-state index is 12.2. The fraction of sp³-hybridized carbons (Fsp3) is 0.643. The topological polar surface area (TPSA) is 76.5 Å². The summed E-state index contributed by atoms with van der Waals surface area (Å²) in [7, 11) is 0. The van der Waals surface area contributed by atoms with Crippen molar-refractivity contribution in [2.24, 2.45) is 0 Å². The van der Waals surface area contributed by atoms with Gasteiger partial charge in [-0.1, -0.05) is 0 Å². The second-order valence-corrected chi connectivity index (χ2v) is 7.24. The van der Waals surface area contributed by atoms with Gasteiger partial charge >= 0.3 is 6.09 Å². The van der Waals surface area contributed by atoms with E-state index in [0.717, 1.165) is 10.9 Å². The molecule has 0 bridgehead atoms. The Hall–Kier alpha value is -1.57. The molecule has 1 atom stereocenters. The molecule has 0 unspecified atom stereocenters. The SMILES string of the molecule is CC(C)(C)OC(=O)N[C@H]1CCN(C(=O)Cn2cc(Br)cn2)C1. The largest absolute Gasteiger partial charge is 0.444 e. The van der Waals surface area contributed by atoms with Crippen molar-refractivity contribution in [3.63, 3.8) is 0 Å². The molecule has 1 aromatic heterocycles. The molecule has 2 heterocycles. The zero-order valence-electron chi connectivity index (χ0n) is 13.0. The van der Waals surface area contributed by atoms with Crippen LogP contribution in [0.1, 0.15) is 27.2 Å². The summed E-state index contributed by atoms with van der Waals surface area (Å²) in [5, 5.41) is 6.87. The average Bonchev–Trinajstić information content (AvgIpc) is 2.96. The third-order valence-electron chi connectivity index (χ3n) is 3.16. The molecule has 22 heavy (non-hydrogen) atoms. The first-order chi connectivity index (χ1) is 10.2. The van der Waals surface area contributed by atoms with Gasteiger partial charge in [-0.15, -0.1) is 0 Å². The molecule has 0 aliphatic carbocycles. The fourth-order valence-corrected chi connectivity index (χ4v) is 2.57. The van der Waals surface area contributed by atoms with Crippen LogP contribution in [0.3, 0.4) is 0 Å². The smallest absolute Gasteiger partial charge is 0.407 e. The molecule has 1 aliphatic rings. The van der Waals surface area contributed by atoms with Crippen LogP contribution >= 0.6 is 15.9 Å². The molecule has 2 rings (SSSR count). The number of alkyl carbamates (subject to hydrolysis) is 1. The van der Waals surface area contributed by atoms with Gasteiger partial charge in [0.1, 0.15) is 12.1 Å². The van der Waals surface area contributed by atoms with Gasteiger partial charge in [0.25, 0.3) is 0 Å². The zero-order valence-corrected chi connectivity index (χ0v) is 14.6. The van der Waals surface area contributed by atoms with Crippen molar-refractivity contribution in [1.29, 1.82) is 0 Å². The number of halogens is 1. The van der Waals surface area contributed by atoms with Crippen LogP contribution in [0.15, 0.2) is 16.9 Å². The van der Waals surface area contributed by atoms with E-state index in [1.54, 1.807) is 22.0 Å². The van der Waals surface area contributed by atoms with Crippen molar-refractivity contribution in [3.05, 3.63) is 16.9 Å². The van der Waals surface area contributed by atoms with Crippen molar-refractivity contribution in [3.8, 4) is 0 Å². The van der Waals surface area contributed by atoms with Gasteiger partial charge in [0, 0.05) is 19.3 Å². The molecule has 1 aliphatic heterocycles. The second kappa shape index (κ2) is 6.68. The highest BCUT2D eigenvalue weighted by atomic mass is 79.9. The Morgan fingerprint density at radius 1 is 1.50 bits per heavy atom. The average molecular weight is 373 g/mol. The number of nitrogens with one attached hydrogen (secondary N) is 1. The van der Waals surface area contributed by atoms with Crippen LogP contribution in [-0.2, 0) is 16.1 Å². The van der Waals surface area contributed by atoms with Gasteiger partial charge in [-0.05, 0) is 43.1 Å². The predicted octanol–water partition coefficient (Wildman–Crippen LogP) is 1.77. The lowest BCUT2D eigenvalue weighted by atomic mass is 10.2. The number of ether oxygens (including phenoxy) is 1. The molecule has 122 valence electrons. The molecule has 0 saturated carbocycles. The van der Waals surface area contributed by atoms with E-state index in [1.807, 2.05) is 20.8 Å². The summed E-state index contributed by atoms with van der Waals surface area (Å²) in [6.07, 6.45) is 3.69. The second-order valence-electron chi connectivity index (χ2n) is 6.33. The quantitative estimate of drug-likeness (QED) is 0.876. The maximum atomic E-state index is 12.2. The third kappa shape index (κ3) is 5.01. The first kappa shape index (κ1) is 16.8. The summed E-state index contributed by atoms with van der Waals surface area (Å²) in [5.74, 6) is -0.0101. The van der Waals surface area contributed by atoms with Crippen LogP contribution in [0.25, 0.3) is 0 Å². The Balaban J connectivity index is 1.79. The summed E-state index contributed by atoms with van der Waals surface area (Å²) in [5.41, 5.74) is -0.522. The first-order valence-electron chi connectivity index (χ1n) is 7.18. The van der Waals surface area contributed by atoms with Crippen molar-refractivity contribution in [2.75, 3.05) is 13.1 Å². The van der Waals surface area contributed by atoms with Gasteiger partial charge in [0.2, 0.25) is 5.91 Å². The highest BCUT2D eigenvalue weighted by molar-refractivity contribution is 9.10. The van der Waals surface area contributed by atoms with Crippen LogP contribution in [-0.4, -0.2) is 51.4 Å². The molecule has 0 spiro atoms. The van der Waals surface area contributed by atoms with Crippen LogP contribution in [0.5, 0.6) is 0 Å². The van der Waals surface area contributed by atoms with Crippen LogP contribution in [0.2, 0.25) is 0 Å². The highest BCUT2D eigenvalue weighted by Gasteiger charge is 2.28. The lowest BCUT2D eigenvalue weighted by Gasteiger charge is -2.22. The van der Waals surface area contributed by atoms with E-state index in [9.17, 15) is 9.59 Å². The molecule has 1 fully saturated rings. The van der Waals surface area contributed by atoms with E-state index >= 15 is 0 Å². The van der Waals surface area contributed by atoms with Gasteiger partial charge in [-0.3, -0.25) is 9.48 Å². The number of hydrogen-bond acceptors (Lipinski definition) is 4. The number of carbonyl (C=O) groups is 2. The lowest BCUT2D eigenvalue weighted by Crippen LogP contribution is -2.41. The number of amides is 2. The highest BCUT2D eigenvalue weighted by Crippen LogP contribution is 2.13. The van der Waals surface area contributed by atoms with Gasteiger partial charge in [0.15, 0.2) is 0 Å². The number of likely N-dealkylation sites (tertiary alicyclic amines) is 1. The summed E-state index contributed by atoms with van der Waals surface area (Å²) >= 11 is 3.30. The molecular weight excluding hydrogens is 352 g/mol. The van der Waals surface area contributed by atoms with E-state index in [2.05, 4.69) is 26.3 Å². The molecule has 8 heteroatoms. The van der Waals surface area contributed by atoms with Gasteiger partial charge in [-0.2, -0.15) is 5.10 Å². The van der Waals surface area contributed by atoms with Gasteiger partial charge in [0.05, 0.1) is 16.7 Å². The van der Waals surface area contributed by atoms with Crippen molar-refractivity contribution >= 4 is 27.9 Å². The molecular formula is C14H21BrN4O3. The Labute approximate surface area is 138 Å². The Kier molecular flexibility index (Phi) is 5.10. The van der Waals surface area contributed by atoms with Crippen LogP contribution in [0.4, 0.5) is 4.79 Å². The van der Waals surface area contributed by atoms with E-state index in [1.165, 1.54) is 0 Å². The number of nitrogens with zero attached hydrogens (tertiary/aromatic N) is 3. The zero-order chi connectivity index (χ0) is 16.3. The summed E-state index contributed by atoms with van der Waals surface area (Å²) in [4.78, 5) is 25.7. The molecule has 1 saturated heterocycles. The monoisotopic (exact) mass is 372 g/mol. The minimum Gasteiger partial charge on any atom is -0.444 e. The van der Waals surface area contributed by atoms with E-state index in [0.29, 0.717) is 13.1 Å². The Bertz CT molecular complexity index is 553.